The highest BCUT2D eigenvalue weighted by atomic mass is 19.1. The van der Waals surface area contributed by atoms with Crippen molar-refractivity contribution in [1.82, 2.24) is 10.3 Å². The summed E-state index contributed by atoms with van der Waals surface area (Å²) in [4.78, 5) is 28.8. The van der Waals surface area contributed by atoms with Gasteiger partial charge in [-0.05, 0) is 30.7 Å². The number of nitrogens with zero attached hydrogens (tertiary/aromatic N) is 1. The van der Waals surface area contributed by atoms with Gasteiger partial charge in [0.2, 0.25) is 5.91 Å². The lowest BCUT2D eigenvalue weighted by atomic mass is 10.0. The lowest BCUT2D eigenvalue weighted by molar-refractivity contribution is -0.120. The second kappa shape index (κ2) is 6.68. The van der Waals surface area contributed by atoms with E-state index in [2.05, 4.69) is 10.3 Å². The highest BCUT2D eigenvalue weighted by Gasteiger charge is 2.22. The van der Waals surface area contributed by atoms with E-state index in [4.69, 9.17) is 5.73 Å². The Morgan fingerprint density at radius 1 is 1.12 bits per heavy atom. The van der Waals surface area contributed by atoms with Crippen LogP contribution in [0.5, 0.6) is 0 Å². The molecule has 126 valence electrons. The van der Waals surface area contributed by atoms with Crippen molar-refractivity contribution in [2.24, 2.45) is 5.73 Å². The van der Waals surface area contributed by atoms with Gasteiger partial charge < -0.3 is 11.1 Å². The summed E-state index contributed by atoms with van der Waals surface area (Å²) in [6.07, 6.45) is 0. The molecule has 5 nitrogen and oxygen atoms in total. The zero-order valence-electron chi connectivity index (χ0n) is 13.5. The Morgan fingerprint density at radius 2 is 1.84 bits per heavy atom. The van der Waals surface area contributed by atoms with Crippen LogP contribution in [0.4, 0.5) is 4.39 Å². The second-order valence-corrected chi connectivity index (χ2v) is 5.69. The maximum Gasteiger partial charge on any atom is 0.252 e. The maximum atomic E-state index is 13.4. The molecule has 0 aliphatic rings. The Hall–Kier alpha value is -3.28. The zero-order chi connectivity index (χ0) is 18.0. The summed E-state index contributed by atoms with van der Waals surface area (Å²) in [5.41, 5.74) is 7.28. The SMILES string of the molecule is Cc1cc(C(=O)N[C@H](C(N)=O)c2ccccc2)c2ccc(F)cc2n1. The lowest BCUT2D eigenvalue weighted by Gasteiger charge is -2.17. The predicted octanol–water partition coefficient (Wildman–Crippen LogP) is 2.64. The van der Waals surface area contributed by atoms with Crippen LogP contribution in [-0.4, -0.2) is 16.8 Å². The molecule has 2 amide bonds. The van der Waals surface area contributed by atoms with E-state index in [0.29, 0.717) is 27.7 Å². The molecule has 3 N–H and O–H groups in total. The molecule has 1 aromatic heterocycles. The molecule has 0 fully saturated rings. The summed E-state index contributed by atoms with van der Waals surface area (Å²) < 4.78 is 13.4. The van der Waals surface area contributed by atoms with E-state index < -0.39 is 23.7 Å². The standard InChI is InChI=1S/C19H16FN3O2/c1-11-9-15(14-8-7-13(20)10-16(14)22-11)19(25)23-17(18(21)24)12-5-3-2-4-6-12/h2-10,17H,1H3,(H2,21,24)(H,23,25)/t17-/m0/s1. The first-order valence-electron chi connectivity index (χ1n) is 7.68. The average Bonchev–Trinajstić information content (AvgIpc) is 2.58. The first-order valence-corrected chi connectivity index (χ1v) is 7.68. The predicted molar refractivity (Wildman–Crippen MR) is 92.3 cm³/mol. The van der Waals surface area contributed by atoms with Gasteiger partial charge in [0.05, 0.1) is 11.1 Å². The lowest BCUT2D eigenvalue weighted by Crippen LogP contribution is -2.37. The third kappa shape index (κ3) is 3.47. The molecule has 1 atom stereocenters. The van der Waals surface area contributed by atoms with Crippen molar-refractivity contribution in [3.05, 3.63) is 77.2 Å². The summed E-state index contributed by atoms with van der Waals surface area (Å²) >= 11 is 0. The fourth-order valence-corrected chi connectivity index (χ4v) is 2.69. The number of aromatic nitrogens is 1. The molecule has 0 spiro atoms. The second-order valence-electron chi connectivity index (χ2n) is 5.69. The molecule has 3 aromatic rings. The van der Waals surface area contributed by atoms with Gasteiger partial charge in [-0.1, -0.05) is 30.3 Å². The van der Waals surface area contributed by atoms with Gasteiger partial charge in [0, 0.05) is 17.1 Å². The van der Waals surface area contributed by atoms with E-state index in [-0.39, 0.29) is 0 Å². The van der Waals surface area contributed by atoms with Crippen molar-refractivity contribution in [3.63, 3.8) is 0 Å². The smallest absolute Gasteiger partial charge is 0.252 e. The molecule has 25 heavy (non-hydrogen) atoms. The van der Waals surface area contributed by atoms with E-state index >= 15 is 0 Å². The molecule has 0 unspecified atom stereocenters. The van der Waals surface area contributed by atoms with E-state index in [1.54, 1.807) is 43.3 Å². The Morgan fingerprint density at radius 3 is 2.52 bits per heavy atom. The van der Waals surface area contributed by atoms with Crippen LogP contribution in [0.1, 0.15) is 27.7 Å². The van der Waals surface area contributed by atoms with Gasteiger partial charge in [0.15, 0.2) is 0 Å². The molecular formula is C19H16FN3O2. The van der Waals surface area contributed by atoms with Crippen molar-refractivity contribution >= 4 is 22.7 Å². The van der Waals surface area contributed by atoms with E-state index in [9.17, 15) is 14.0 Å². The highest BCUT2D eigenvalue weighted by Crippen LogP contribution is 2.21. The van der Waals surface area contributed by atoms with Crippen LogP contribution in [0, 0.1) is 12.7 Å². The first kappa shape index (κ1) is 16.6. The minimum absolute atomic E-state index is 0.310. The van der Waals surface area contributed by atoms with Gasteiger partial charge in [0.25, 0.3) is 5.91 Å². The number of carbonyl (C=O) groups is 2. The number of nitrogens with one attached hydrogen (secondary N) is 1. The van der Waals surface area contributed by atoms with Crippen LogP contribution in [-0.2, 0) is 4.79 Å². The number of fused-ring (bicyclic) bond motifs is 1. The normalized spacial score (nSPS) is 11.9. The van der Waals surface area contributed by atoms with Crippen LogP contribution in [0.2, 0.25) is 0 Å². The topological polar surface area (TPSA) is 85.1 Å². The molecule has 0 aliphatic carbocycles. The molecule has 0 radical (unpaired) electrons. The number of hydrogen-bond acceptors (Lipinski definition) is 3. The maximum absolute atomic E-state index is 13.4. The van der Waals surface area contributed by atoms with Gasteiger partial charge >= 0.3 is 0 Å². The van der Waals surface area contributed by atoms with Crippen molar-refractivity contribution in [2.45, 2.75) is 13.0 Å². The van der Waals surface area contributed by atoms with Gasteiger partial charge in [0.1, 0.15) is 11.9 Å². The Balaban J connectivity index is 2.00. The summed E-state index contributed by atoms with van der Waals surface area (Å²) in [7, 11) is 0. The summed E-state index contributed by atoms with van der Waals surface area (Å²) in [5, 5.41) is 3.15. The van der Waals surface area contributed by atoms with Crippen LogP contribution in [0.3, 0.4) is 0 Å². The van der Waals surface area contributed by atoms with Crippen LogP contribution >= 0.6 is 0 Å². The first-order chi connectivity index (χ1) is 12.0. The van der Waals surface area contributed by atoms with Crippen molar-refractivity contribution in [2.75, 3.05) is 0 Å². The number of rotatable bonds is 4. The minimum atomic E-state index is -0.960. The highest BCUT2D eigenvalue weighted by molar-refractivity contribution is 6.07. The molecule has 0 bridgehead atoms. The van der Waals surface area contributed by atoms with E-state index in [1.807, 2.05) is 0 Å². The third-order valence-corrected chi connectivity index (χ3v) is 3.84. The number of carbonyl (C=O) groups excluding carboxylic acids is 2. The van der Waals surface area contributed by atoms with Crippen LogP contribution in [0.25, 0.3) is 10.9 Å². The third-order valence-electron chi connectivity index (χ3n) is 3.84. The number of nitrogens with two attached hydrogens (primary N) is 1. The molecular weight excluding hydrogens is 321 g/mol. The Kier molecular flexibility index (Phi) is 4.43. The Bertz CT molecular complexity index is 952. The van der Waals surface area contributed by atoms with E-state index in [0.717, 1.165) is 0 Å². The average molecular weight is 337 g/mol. The molecule has 3 rings (SSSR count). The largest absolute Gasteiger partial charge is 0.368 e. The van der Waals surface area contributed by atoms with E-state index in [1.165, 1.54) is 18.2 Å². The number of halogens is 1. The number of primary amides is 1. The molecule has 0 aliphatic heterocycles. The minimum Gasteiger partial charge on any atom is -0.368 e. The quantitative estimate of drug-likeness (QED) is 0.767. The van der Waals surface area contributed by atoms with Crippen molar-refractivity contribution < 1.29 is 14.0 Å². The summed E-state index contributed by atoms with van der Waals surface area (Å²) in [6.45, 7) is 1.71. The molecule has 1 heterocycles. The molecule has 6 heteroatoms. The molecule has 0 saturated carbocycles. The summed E-state index contributed by atoms with van der Waals surface area (Å²) in [5.74, 6) is -1.58. The van der Waals surface area contributed by atoms with Crippen LogP contribution in [0.15, 0.2) is 54.6 Å². The fourth-order valence-electron chi connectivity index (χ4n) is 2.69. The van der Waals surface area contributed by atoms with Gasteiger partial charge in [-0.2, -0.15) is 0 Å². The van der Waals surface area contributed by atoms with Gasteiger partial charge in [-0.25, -0.2) is 4.39 Å². The van der Waals surface area contributed by atoms with Crippen LogP contribution < -0.4 is 11.1 Å². The number of benzene rings is 2. The van der Waals surface area contributed by atoms with Gasteiger partial charge in [-0.3, -0.25) is 14.6 Å². The number of aryl methyl sites for hydroxylation is 1. The van der Waals surface area contributed by atoms with Gasteiger partial charge in [-0.15, -0.1) is 0 Å². The summed E-state index contributed by atoms with van der Waals surface area (Å²) in [6, 6.07) is 13.4. The number of hydrogen-bond donors (Lipinski definition) is 2. The number of pyridine rings is 1. The van der Waals surface area contributed by atoms with Crippen molar-refractivity contribution in [1.29, 1.82) is 0 Å². The van der Waals surface area contributed by atoms with Crippen molar-refractivity contribution in [3.8, 4) is 0 Å². The molecule has 0 saturated heterocycles. The molecule has 2 aromatic carbocycles. The number of amides is 2. The fraction of sp³-hybridized carbons (Fsp3) is 0.105. The monoisotopic (exact) mass is 337 g/mol. The zero-order valence-corrected chi connectivity index (χ0v) is 13.5. The Labute approximate surface area is 143 Å².